The quantitative estimate of drug-likeness (QED) is 0.463. The second kappa shape index (κ2) is 9.70. The number of rotatable bonds is 8. The number of benzene rings is 2. The lowest BCUT2D eigenvalue weighted by Gasteiger charge is -2.13. The van der Waals surface area contributed by atoms with E-state index < -0.39 is 23.6 Å². The summed E-state index contributed by atoms with van der Waals surface area (Å²) in [5, 5.41) is 2.12. The molecule has 4 rings (SSSR count). The van der Waals surface area contributed by atoms with E-state index in [1.807, 2.05) is 0 Å². The number of methoxy groups -OCH3 is 1. The summed E-state index contributed by atoms with van der Waals surface area (Å²) in [7, 11) is 1.51. The van der Waals surface area contributed by atoms with Crippen LogP contribution in [-0.2, 0) is 9.59 Å². The van der Waals surface area contributed by atoms with Crippen molar-refractivity contribution in [3.8, 4) is 23.0 Å². The molecule has 9 nitrogen and oxygen atoms in total. The molecule has 0 spiro atoms. The van der Waals surface area contributed by atoms with Gasteiger partial charge in [-0.15, -0.1) is 0 Å². The third-order valence-electron chi connectivity index (χ3n) is 4.69. The summed E-state index contributed by atoms with van der Waals surface area (Å²) in [6, 6.07) is 10.1. The van der Waals surface area contributed by atoms with Gasteiger partial charge in [-0.1, -0.05) is 24.8 Å². The zero-order valence-electron chi connectivity index (χ0n) is 17.7. The Morgan fingerprint density at radius 2 is 2.06 bits per heavy atom. The number of nitrogens with one attached hydrogen (secondary N) is 1. The van der Waals surface area contributed by atoms with Crippen LogP contribution in [0.3, 0.4) is 0 Å². The van der Waals surface area contributed by atoms with E-state index in [0.29, 0.717) is 34.2 Å². The van der Waals surface area contributed by atoms with Gasteiger partial charge < -0.3 is 24.3 Å². The van der Waals surface area contributed by atoms with Crippen LogP contribution >= 0.6 is 11.8 Å². The molecular weight excluding hydrogens is 448 g/mol. The second-order valence-corrected chi connectivity index (χ2v) is 7.86. The molecule has 0 unspecified atom stereocenters. The average Bonchev–Trinajstić information content (AvgIpc) is 3.37. The second-order valence-electron chi connectivity index (χ2n) is 6.86. The maximum atomic E-state index is 12.9. The topological polar surface area (TPSA) is 103 Å². The van der Waals surface area contributed by atoms with Crippen molar-refractivity contribution < 1.29 is 33.3 Å². The molecule has 0 atom stereocenters. The molecule has 1 N–H and O–H groups in total. The van der Waals surface area contributed by atoms with Crippen LogP contribution in [0.5, 0.6) is 23.0 Å². The number of amides is 3. The number of carbonyl (C=O) groups is 3. The molecule has 170 valence electrons. The Morgan fingerprint density at radius 3 is 2.85 bits per heavy atom. The average molecular weight is 468 g/mol. The van der Waals surface area contributed by atoms with Crippen molar-refractivity contribution in [3.05, 3.63) is 59.5 Å². The van der Waals surface area contributed by atoms with Gasteiger partial charge in [0.05, 0.1) is 12.0 Å². The van der Waals surface area contributed by atoms with Crippen molar-refractivity contribution in [1.29, 1.82) is 0 Å². The first-order chi connectivity index (χ1) is 16.0. The summed E-state index contributed by atoms with van der Waals surface area (Å²) in [4.78, 5) is 38.8. The van der Waals surface area contributed by atoms with Gasteiger partial charge in [-0.2, -0.15) is 0 Å². The van der Waals surface area contributed by atoms with E-state index in [1.165, 1.54) is 7.11 Å². The van der Waals surface area contributed by atoms with Crippen LogP contribution in [0.4, 0.5) is 10.5 Å². The van der Waals surface area contributed by atoms with Gasteiger partial charge in [-0.25, -0.2) is 0 Å². The first-order valence-corrected chi connectivity index (χ1v) is 10.7. The first-order valence-electron chi connectivity index (χ1n) is 9.85. The van der Waals surface area contributed by atoms with E-state index in [0.717, 1.165) is 16.7 Å². The number of anilines is 1. The minimum Gasteiger partial charge on any atom is -0.493 e. The maximum Gasteiger partial charge on any atom is 0.294 e. The minimum atomic E-state index is -0.566. The van der Waals surface area contributed by atoms with Gasteiger partial charge in [0.2, 0.25) is 12.7 Å². The highest BCUT2D eigenvalue weighted by Crippen LogP contribution is 2.38. The number of imide groups is 1. The molecule has 1 saturated heterocycles. The molecule has 33 heavy (non-hydrogen) atoms. The highest BCUT2D eigenvalue weighted by Gasteiger charge is 2.36. The normalized spacial score (nSPS) is 15.7. The number of hydrogen-bond acceptors (Lipinski definition) is 8. The van der Waals surface area contributed by atoms with Crippen LogP contribution in [-0.4, -0.2) is 49.0 Å². The van der Waals surface area contributed by atoms with Gasteiger partial charge >= 0.3 is 0 Å². The van der Waals surface area contributed by atoms with Crippen LogP contribution in [0.25, 0.3) is 6.08 Å². The van der Waals surface area contributed by atoms with Crippen LogP contribution in [0.2, 0.25) is 0 Å². The standard InChI is InChI=1S/C23H20N2O7S/c1-3-9-30-21-14(5-4-6-17(21)29-2)10-19-22(27)25(23(28)33-19)12-20(26)24-15-7-8-16-18(11-15)32-13-31-16/h3-8,10-11H,1,9,12-13H2,2H3,(H,24,26)/b19-10-. The Labute approximate surface area is 193 Å². The zero-order chi connectivity index (χ0) is 23.4. The number of hydrogen-bond donors (Lipinski definition) is 1. The molecule has 0 radical (unpaired) electrons. The van der Waals surface area contributed by atoms with E-state index in [1.54, 1.807) is 48.6 Å². The van der Waals surface area contributed by atoms with Gasteiger partial charge in [-0.3, -0.25) is 19.3 Å². The lowest BCUT2D eigenvalue weighted by Crippen LogP contribution is -2.36. The monoisotopic (exact) mass is 468 g/mol. The first kappa shape index (κ1) is 22.3. The number of nitrogens with zero attached hydrogens (tertiary/aromatic N) is 1. The van der Waals surface area contributed by atoms with Crippen LogP contribution in [0, 0.1) is 0 Å². The van der Waals surface area contributed by atoms with E-state index in [9.17, 15) is 14.4 Å². The van der Waals surface area contributed by atoms with E-state index >= 15 is 0 Å². The molecule has 2 heterocycles. The van der Waals surface area contributed by atoms with Crippen LogP contribution in [0.1, 0.15) is 5.56 Å². The van der Waals surface area contributed by atoms with Gasteiger partial charge in [0.1, 0.15) is 13.2 Å². The number of thioether (sulfide) groups is 1. The van der Waals surface area contributed by atoms with Crippen molar-refractivity contribution in [2.75, 3.05) is 32.4 Å². The molecule has 1 fully saturated rings. The maximum absolute atomic E-state index is 12.9. The molecular formula is C23H20N2O7S. The highest BCUT2D eigenvalue weighted by atomic mass is 32.2. The summed E-state index contributed by atoms with van der Waals surface area (Å²) in [5.74, 6) is 0.907. The SMILES string of the molecule is C=CCOc1c(/C=C2\SC(=O)N(CC(=O)Nc3ccc4c(c3)OCO4)C2=O)cccc1OC. The molecule has 3 amide bonds. The number of carbonyl (C=O) groups excluding carboxylic acids is 3. The molecule has 2 aliphatic rings. The Balaban J connectivity index is 1.48. The van der Waals surface area contributed by atoms with Crippen LogP contribution in [0.15, 0.2) is 54.0 Å². The summed E-state index contributed by atoms with van der Waals surface area (Å²) in [6.45, 7) is 3.56. The van der Waals surface area contributed by atoms with E-state index in [2.05, 4.69) is 11.9 Å². The van der Waals surface area contributed by atoms with Gasteiger partial charge in [0.25, 0.3) is 11.1 Å². The zero-order valence-corrected chi connectivity index (χ0v) is 18.5. The predicted octanol–water partition coefficient (Wildman–Crippen LogP) is 3.66. The number of fused-ring (bicyclic) bond motifs is 1. The van der Waals surface area contributed by atoms with Gasteiger partial charge in [0, 0.05) is 17.3 Å². The summed E-state index contributed by atoms with van der Waals surface area (Å²) in [6.07, 6.45) is 3.13. The number of ether oxygens (including phenoxy) is 4. The van der Waals surface area contributed by atoms with Gasteiger partial charge in [-0.05, 0) is 36.0 Å². The fourth-order valence-corrected chi connectivity index (χ4v) is 4.03. The van der Waals surface area contributed by atoms with Crippen molar-refractivity contribution in [2.24, 2.45) is 0 Å². The Bertz CT molecular complexity index is 1160. The minimum absolute atomic E-state index is 0.115. The summed E-state index contributed by atoms with van der Waals surface area (Å²) < 4.78 is 21.5. The third-order valence-corrected chi connectivity index (χ3v) is 5.60. The number of para-hydroxylation sites is 1. The summed E-state index contributed by atoms with van der Waals surface area (Å²) in [5.41, 5.74) is 1.03. The molecule has 0 aromatic heterocycles. The van der Waals surface area contributed by atoms with Crippen molar-refractivity contribution in [2.45, 2.75) is 0 Å². The lowest BCUT2D eigenvalue weighted by atomic mass is 10.1. The van der Waals surface area contributed by atoms with Crippen molar-refractivity contribution in [3.63, 3.8) is 0 Å². The molecule has 2 aromatic carbocycles. The molecule has 0 bridgehead atoms. The molecule has 2 aromatic rings. The predicted molar refractivity (Wildman–Crippen MR) is 123 cm³/mol. The van der Waals surface area contributed by atoms with E-state index in [-0.39, 0.29) is 18.3 Å². The molecule has 0 saturated carbocycles. The molecule has 2 aliphatic heterocycles. The van der Waals surface area contributed by atoms with E-state index in [4.69, 9.17) is 18.9 Å². The largest absolute Gasteiger partial charge is 0.493 e. The van der Waals surface area contributed by atoms with Gasteiger partial charge in [0.15, 0.2) is 23.0 Å². The third kappa shape index (κ3) is 4.80. The smallest absolute Gasteiger partial charge is 0.294 e. The highest BCUT2D eigenvalue weighted by molar-refractivity contribution is 8.18. The Kier molecular flexibility index (Phi) is 6.55. The van der Waals surface area contributed by atoms with Crippen LogP contribution < -0.4 is 24.3 Å². The fraction of sp³-hybridized carbons (Fsp3) is 0.174. The van der Waals surface area contributed by atoms with Crippen molar-refractivity contribution >= 4 is 40.6 Å². The molecule has 10 heteroatoms. The lowest BCUT2D eigenvalue weighted by molar-refractivity contribution is -0.127. The Morgan fingerprint density at radius 1 is 1.24 bits per heavy atom. The Hall–Kier alpha value is -3.92. The molecule has 0 aliphatic carbocycles. The fourth-order valence-electron chi connectivity index (χ4n) is 3.20. The van der Waals surface area contributed by atoms with Crippen molar-refractivity contribution in [1.82, 2.24) is 4.90 Å². The summed E-state index contributed by atoms with van der Waals surface area (Å²) >= 11 is 0.753.